The average Bonchev–Trinajstić information content (AvgIpc) is 2.88. The minimum atomic E-state index is -3.84. The molecule has 0 radical (unpaired) electrons. The number of hydrogen-bond acceptors (Lipinski definition) is 5. The fourth-order valence-corrected chi connectivity index (χ4v) is 4.01. The smallest absolute Gasteiger partial charge is 1.00 e. The van der Waals surface area contributed by atoms with Gasteiger partial charge in [0.15, 0.2) is 0 Å². The van der Waals surface area contributed by atoms with Gasteiger partial charge in [-0.05, 0) is 33.6 Å². The molecule has 0 atom stereocenters. The van der Waals surface area contributed by atoms with Gasteiger partial charge in [0.1, 0.15) is 9.50 Å². The summed E-state index contributed by atoms with van der Waals surface area (Å²) in [5.41, 5.74) is 0.534. The predicted octanol–water partition coefficient (Wildman–Crippen LogP) is -0.882. The fraction of sp³-hybridized carbons (Fsp3) is 0.231. The van der Waals surface area contributed by atoms with Gasteiger partial charge in [0, 0.05) is 19.3 Å². The Hall–Kier alpha value is -1.07. The third kappa shape index (κ3) is 4.51. The van der Waals surface area contributed by atoms with Gasteiger partial charge < -0.3 is 16.2 Å². The quantitative estimate of drug-likeness (QED) is 0.621. The van der Waals surface area contributed by atoms with Crippen molar-refractivity contribution in [2.75, 3.05) is 14.2 Å². The van der Waals surface area contributed by atoms with E-state index in [9.17, 15) is 13.2 Å². The topological polar surface area (TPSA) is 102 Å². The number of carbonyl (C=O) groups is 1. The number of carboxylic acid groups (broad SMARTS) is 1. The van der Waals surface area contributed by atoms with E-state index in [-0.39, 0.29) is 42.4 Å². The molecule has 24 heavy (non-hydrogen) atoms. The number of methoxy groups -OCH3 is 1. The Kier molecular flexibility index (Phi) is 7.29. The number of halogens is 1. The summed E-state index contributed by atoms with van der Waals surface area (Å²) in [6.07, 6.45) is 1.46. The molecule has 1 N–H and O–H groups in total. The van der Waals surface area contributed by atoms with Crippen molar-refractivity contribution >= 4 is 32.0 Å². The first-order valence-electron chi connectivity index (χ1n) is 6.32. The maximum absolute atomic E-state index is 12.6. The van der Waals surface area contributed by atoms with E-state index in [1.807, 2.05) is 0 Å². The van der Waals surface area contributed by atoms with Crippen molar-refractivity contribution in [2.45, 2.75) is 11.4 Å². The van der Waals surface area contributed by atoms with Gasteiger partial charge in [-0.3, -0.25) is 0 Å². The van der Waals surface area contributed by atoms with Crippen LogP contribution in [0.2, 0.25) is 0 Å². The molecular formula is C13H15BrN3NaO5S. The molecule has 0 aliphatic carbocycles. The number of aromatic nitrogens is 2. The molecule has 0 saturated carbocycles. The minimum Gasteiger partial charge on any atom is -1.00 e. The molecule has 0 saturated heterocycles. The Bertz CT molecular complexity index is 829. The monoisotopic (exact) mass is 427 g/mol. The third-order valence-corrected chi connectivity index (χ3v) is 5.52. The van der Waals surface area contributed by atoms with Crippen LogP contribution in [-0.4, -0.2) is 47.6 Å². The zero-order valence-corrected chi connectivity index (χ0v) is 17.7. The number of pyridine rings is 1. The molecule has 0 fully saturated rings. The first-order valence-corrected chi connectivity index (χ1v) is 8.55. The predicted molar refractivity (Wildman–Crippen MR) is 86.1 cm³/mol. The first-order chi connectivity index (χ1) is 10.8. The summed E-state index contributed by atoms with van der Waals surface area (Å²) < 4.78 is 31.4. The molecule has 0 bridgehead atoms. The van der Waals surface area contributed by atoms with Crippen molar-refractivity contribution in [3.63, 3.8) is 0 Å². The van der Waals surface area contributed by atoms with Crippen molar-refractivity contribution < 1.29 is 54.0 Å². The number of rotatable bonds is 5. The molecule has 0 unspecified atom stereocenters. The molecule has 2 aromatic rings. The van der Waals surface area contributed by atoms with Crippen LogP contribution in [0.1, 0.15) is 6.99 Å². The van der Waals surface area contributed by atoms with Gasteiger partial charge in [-0.1, -0.05) is 0 Å². The zero-order chi connectivity index (χ0) is 17.2. The summed E-state index contributed by atoms with van der Waals surface area (Å²) >= 11 is 3.18. The van der Waals surface area contributed by atoms with E-state index < -0.39 is 16.1 Å². The van der Waals surface area contributed by atoms with Gasteiger partial charge in [-0.15, -0.1) is 0 Å². The van der Waals surface area contributed by atoms with Crippen LogP contribution in [0.15, 0.2) is 40.1 Å². The summed E-state index contributed by atoms with van der Waals surface area (Å²) in [6.45, 7) is 0.0668. The molecular weight excluding hydrogens is 413 g/mol. The van der Waals surface area contributed by atoms with E-state index in [2.05, 4.69) is 20.9 Å². The second kappa shape index (κ2) is 8.34. The van der Waals surface area contributed by atoms with E-state index >= 15 is 0 Å². The molecule has 0 spiro atoms. The average molecular weight is 428 g/mol. The van der Waals surface area contributed by atoms with Gasteiger partial charge in [0.25, 0.3) is 10.0 Å². The fourth-order valence-electron chi connectivity index (χ4n) is 1.83. The Balaban J connectivity index is 0.00000288. The van der Waals surface area contributed by atoms with Gasteiger partial charge in [0.2, 0.25) is 5.88 Å². The Labute approximate surface area is 171 Å². The molecule has 2 aromatic heterocycles. The van der Waals surface area contributed by atoms with Gasteiger partial charge in [0.05, 0.1) is 19.9 Å². The van der Waals surface area contributed by atoms with Crippen molar-refractivity contribution in [3.8, 4) is 5.88 Å². The molecule has 126 valence electrons. The molecule has 2 rings (SSSR count). The zero-order valence-electron chi connectivity index (χ0n) is 14.3. The van der Waals surface area contributed by atoms with Crippen molar-refractivity contribution in [2.24, 2.45) is 0 Å². The first kappa shape index (κ1) is 21.0. The van der Waals surface area contributed by atoms with E-state index in [0.717, 1.165) is 8.87 Å². The molecule has 8 nitrogen and oxygen atoms in total. The Morgan fingerprint density at radius 2 is 2.17 bits per heavy atom. The van der Waals surface area contributed by atoms with Gasteiger partial charge in [-0.2, -0.15) is 0 Å². The van der Waals surface area contributed by atoms with Crippen LogP contribution in [0.5, 0.6) is 5.88 Å². The third-order valence-electron chi connectivity index (χ3n) is 3.02. The van der Waals surface area contributed by atoms with Crippen LogP contribution in [-0.2, 0) is 16.6 Å². The standard InChI is InChI=1S/C13H14BrN3O5S.Na.H/c1-16(13(18)19)7-9-5-11(14)17(8-9)23(20,21)10-3-4-12(22-2)15-6-10;;/h3-6,8H,7H2,1-2H3,(H,18,19);;/q;+1;-1. The van der Waals surface area contributed by atoms with E-state index in [1.165, 1.54) is 38.7 Å². The number of ether oxygens (including phenoxy) is 1. The van der Waals surface area contributed by atoms with Crippen LogP contribution in [0.4, 0.5) is 4.79 Å². The maximum atomic E-state index is 12.6. The van der Waals surface area contributed by atoms with Crippen LogP contribution in [0.3, 0.4) is 0 Å². The Morgan fingerprint density at radius 1 is 1.50 bits per heavy atom. The van der Waals surface area contributed by atoms with Crippen molar-refractivity contribution in [3.05, 3.63) is 40.8 Å². The summed E-state index contributed by atoms with van der Waals surface area (Å²) in [5.74, 6) is 0.305. The van der Waals surface area contributed by atoms with Crippen molar-refractivity contribution in [1.29, 1.82) is 0 Å². The van der Waals surface area contributed by atoms with Gasteiger partial charge >= 0.3 is 35.7 Å². The summed E-state index contributed by atoms with van der Waals surface area (Å²) in [5, 5.41) is 8.88. The molecule has 0 aliphatic heterocycles. The normalized spacial score (nSPS) is 10.8. The summed E-state index contributed by atoms with van der Waals surface area (Å²) in [6, 6.07) is 4.38. The minimum absolute atomic E-state index is 0. The van der Waals surface area contributed by atoms with E-state index in [0.29, 0.717) is 16.0 Å². The van der Waals surface area contributed by atoms with Crippen LogP contribution in [0.25, 0.3) is 0 Å². The molecule has 11 heteroatoms. The maximum Gasteiger partial charge on any atom is 1.00 e. The Morgan fingerprint density at radius 3 is 2.67 bits per heavy atom. The van der Waals surface area contributed by atoms with E-state index in [1.54, 1.807) is 6.07 Å². The number of amides is 1. The van der Waals surface area contributed by atoms with Crippen LogP contribution < -0.4 is 34.3 Å². The van der Waals surface area contributed by atoms with E-state index in [4.69, 9.17) is 9.84 Å². The number of nitrogens with zero attached hydrogens (tertiary/aromatic N) is 3. The van der Waals surface area contributed by atoms with Gasteiger partial charge in [-0.25, -0.2) is 22.2 Å². The SMILES string of the molecule is COc1ccc(S(=O)(=O)n2cc(CN(C)C(=O)O)cc2Br)cn1.[H-].[Na+]. The summed E-state index contributed by atoms with van der Waals surface area (Å²) in [4.78, 5) is 15.8. The molecule has 2 heterocycles. The second-order valence-corrected chi connectivity index (χ2v) is 7.27. The molecule has 0 aliphatic rings. The second-order valence-electron chi connectivity index (χ2n) is 4.65. The number of hydrogen-bond donors (Lipinski definition) is 1. The largest absolute Gasteiger partial charge is 1.00 e. The van der Waals surface area contributed by atoms with Crippen LogP contribution in [0, 0.1) is 0 Å². The molecule has 0 aromatic carbocycles. The molecule has 1 amide bonds. The summed E-state index contributed by atoms with van der Waals surface area (Å²) in [7, 11) is -1.01. The van der Waals surface area contributed by atoms with Crippen LogP contribution >= 0.6 is 15.9 Å². The van der Waals surface area contributed by atoms with Crippen molar-refractivity contribution in [1.82, 2.24) is 13.9 Å².